The van der Waals surface area contributed by atoms with Crippen LogP contribution >= 0.6 is 23.8 Å². The van der Waals surface area contributed by atoms with Gasteiger partial charge in [0.05, 0.1) is 11.9 Å². The molecule has 1 aliphatic rings. The number of nitrogens with two attached hydrogens (primary N) is 1. The van der Waals surface area contributed by atoms with Crippen molar-refractivity contribution in [3.8, 4) is 0 Å². The summed E-state index contributed by atoms with van der Waals surface area (Å²) in [5, 5.41) is 0.714. The predicted octanol–water partition coefficient (Wildman–Crippen LogP) is 1.91. The third-order valence-electron chi connectivity index (χ3n) is 2.14. The van der Waals surface area contributed by atoms with E-state index in [-0.39, 0.29) is 16.0 Å². The minimum Gasteiger partial charge on any atom is -0.374 e. The van der Waals surface area contributed by atoms with Gasteiger partial charge < -0.3 is 10.0 Å². The van der Waals surface area contributed by atoms with E-state index in [4.69, 9.17) is 29.6 Å². The van der Waals surface area contributed by atoms with Gasteiger partial charge in [-0.3, -0.25) is 0 Å². The molecule has 0 aliphatic carbocycles. The largest absolute Gasteiger partial charge is 0.374 e. The average molecular weight is 275 g/mol. The molecule has 1 aromatic heterocycles. The zero-order valence-corrected chi connectivity index (χ0v) is 10.9. The first-order valence-corrected chi connectivity index (χ1v) is 6.87. The number of halogens is 1. The molecule has 1 unspecified atom stereocenters. The van der Waals surface area contributed by atoms with Gasteiger partial charge in [0.2, 0.25) is 0 Å². The van der Waals surface area contributed by atoms with E-state index in [2.05, 4.69) is 13.7 Å². The summed E-state index contributed by atoms with van der Waals surface area (Å²) < 4.78 is 6.43. The molecule has 0 spiro atoms. The number of hydrogen-bond acceptors (Lipinski definition) is 2. The molecule has 0 radical (unpaired) electrons. The molecule has 1 atom stereocenters. The fourth-order valence-corrected chi connectivity index (χ4v) is 3.58. The number of pyridine rings is 1. The number of thiocarbonyl (C=S) groups is 1. The third-order valence-corrected chi connectivity index (χ3v) is 4.53. The van der Waals surface area contributed by atoms with Gasteiger partial charge in [-0.05, 0) is 30.8 Å². The normalized spacial score (nSPS) is 20.3. The molecule has 86 valence electrons. The van der Waals surface area contributed by atoms with Gasteiger partial charge in [0.1, 0.15) is 5.15 Å². The molecular weight excluding hydrogens is 264 g/mol. The monoisotopic (exact) mass is 274 g/mol. The molecule has 0 amide bonds. The summed E-state index contributed by atoms with van der Waals surface area (Å²) in [5.41, 5.74) is 6.46. The maximum absolute atomic E-state index is 5.75. The minimum atomic E-state index is -0.244. The van der Waals surface area contributed by atoms with Crippen molar-refractivity contribution in [3.05, 3.63) is 23.5 Å². The average Bonchev–Trinajstić information content (AvgIpc) is 2.66. The lowest BCUT2D eigenvalue weighted by Gasteiger charge is -2.18. The van der Waals surface area contributed by atoms with E-state index in [0.29, 0.717) is 5.15 Å². The fraction of sp³-hybridized carbons (Fsp3) is 0.333. The van der Waals surface area contributed by atoms with Gasteiger partial charge in [-0.15, -0.1) is 0 Å². The summed E-state index contributed by atoms with van der Waals surface area (Å²) in [6, 6.07) is 3.72. The van der Waals surface area contributed by atoms with Gasteiger partial charge in [0.15, 0.2) is 5.11 Å². The van der Waals surface area contributed by atoms with Crippen molar-refractivity contribution in [2.45, 2.75) is 6.42 Å². The lowest BCUT2D eigenvalue weighted by Crippen LogP contribution is -2.21. The van der Waals surface area contributed by atoms with Crippen LogP contribution in [0.3, 0.4) is 0 Å². The second-order valence-electron chi connectivity index (χ2n) is 3.27. The highest BCUT2D eigenvalue weighted by atomic mass is 35.5. The smallest absolute Gasteiger partial charge is 0.198 e. The van der Waals surface area contributed by atoms with Crippen molar-refractivity contribution in [1.82, 2.24) is 4.98 Å². The van der Waals surface area contributed by atoms with E-state index in [9.17, 15) is 0 Å². The molecule has 2 N–H and O–H groups in total. The molecular formula is C9H11ClN4S2. The Morgan fingerprint density at radius 3 is 3.06 bits per heavy atom. The summed E-state index contributed by atoms with van der Waals surface area (Å²) in [5.74, 6) is 1.000. The molecule has 16 heavy (non-hydrogen) atoms. The van der Waals surface area contributed by atoms with E-state index in [1.54, 1.807) is 12.3 Å². The first-order valence-electron chi connectivity index (χ1n) is 4.78. The van der Waals surface area contributed by atoms with Crippen LogP contribution in [0.1, 0.15) is 6.42 Å². The van der Waals surface area contributed by atoms with E-state index in [1.807, 2.05) is 6.07 Å². The number of rotatable bonds is 1. The topological polar surface area (TPSA) is 54.5 Å². The summed E-state index contributed by atoms with van der Waals surface area (Å²) in [6.45, 7) is 0.957. The summed E-state index contributed by atoms with van der Waals surface area (Å²) in [6.07, 6.45) is 2.85. The highest BCUT2D eigenvalue weighted by Crippen LogP contribution is 2.22. The zero-order chi connectivity index (χ0) is 11.5. The third kappa shape index (κ3) is 2.69. The molecule has 1 aliphatic heterocycles. The predicted molar refractivity (Wildman–Crippen MR) is 72.7 cm³/mol. The number of hydrogen-bond donors (Lipinski definition) is 1. The molecule has 0 aromatic carbocycles. The number of anilines is 1. The Bertz CT molecular complexity index is 432. The van der Waals surface area contributed by atoms with Gasteiger partial charge in [-0.1, -0.05) is 11.6 Å². The molecule has 4 nitrogen and oxygen atoms in total. The standard InChI is InChI=1S/C9H11ClN4S2/c10-8-3-2-7(6-12-8)14-4-1-5-16(14)13-9(11)15/h2-3,6H,1,4-5H2,(H2,11,15). The van der Waals surface area contributed by atoms with Crippen LogP contribution in [-0.4, -0.2) is 22.4 Å². The SMILES string of the molecule is NC(=S)N=S1CCCN1c1ccc(Cl)nc1. The van der Waals surface area contributed by atoms with Gasteiger partial charge in [-0.25, -0.2) is 4.98 Å². The maximum Gasteiger partial charge on any atom is 0.198 e. The van der Waals surface area contributed by atoms with Crippen LogP contribution in [0.15, 0.2) is 22.7 Å². The highest BCUT2D eigenvalue weighted by molar-refractivity contribution is 7.90. The van der Waals surface area contributed by atoms with Gasteiger partial charge >= 0.3 is 0 Å². The number of nitrogens with zero attached hydrogens (tertiary/aromatic N) is 3. The first kappa shape index (κ1) is 11.8. The van der Waals surface area contributed by atoms with Crippen molar-refractivity contribution >= 4 is 45.5 Å². The van der Waals surface area contributed by atoms with E-state index >= 15 is 0 Å². The quantitative estimate of drug-likeness (QED) is 0.628. The summed E-state index contributed by atoms with van der Waals surface area (Å²) in [4.78, 5) is 4.06. The van der Waals surface area contributed by atoms with Crippen LogP contribution in [-0.2, 0) is 10.9 Å². The van der Waals surface area contributed by atoms with Crippen LogP contribution < -0.4 is 10.0 Å². The number of aromatic nitrogens is 1. The Labute approximate surface area is 107 Å². The van der Waals surface area contributed by atoms with Crippen LogP contribution in [0.5, 0.6) is 0 Å². The molecule has 0 bridgehead atoms. The second-order valence-corrected chi connectivity index (χ2v) is 5.79. The van der Waals surface area contributed by atoms with Crippen molar-refractivity contribution in [2.75, 3.05) is 16.6 Å². The molecule has 0 saturated carbocycles. The first-order chi connectivity index (χ1) is 7.66. The Hall–Kier alpha value is -0.720. The maximum atomic E-state index is 5.75. The van der Waals surface area contributed by atoms with Crippen LogP contribution in [0, 0.1) is 0 Å². The minimum absolute atomic E-state index is 0.220. The molecule has 2 rings (SSSR count). The summed E-state index contributed by atoms with van der Waals surface area (Å²) in [7, 11) is -0.244. The molecule has 1 fully saturated rings. The summed E-state index contributed by atoms with van der Waals surface area (Å²) >= 11 is 10.6. The Morgan fingerprint density at radius 2 is 2.44 bits per heavy atom. The molecule has 2 heterocycles. The van der Waals surface area contributed by atoms with Crippen LogP contribution in [0.4, 0.5) is 5.69 Å². The highest BCUT2D eigenvalue weighted by Gasteiger charge is 2.19. The van der Waals surface area contributed by atoms with Gasteiger partial charge in [-0.2, -0.15) is 4.36 Å². The van der Waals surface area contributed by atoms with Crippen LogP contribution in [0.25, 0.3) is 0 Å². The van der Waals surface area contributed by atoms with Crippen LogP contribution in [0.2, 0.25) is 5.15 Å². The Kier molecular flexibility index (Phi) is 3.73. The van der Waals surface area contributed by atoms with Crippen molar-refractivity contribution in [1.29, 1.82) is 0 Å². The fourth-order valence-electron chi connectivity index (χ4n) is 1.52. The van der Waals surface area contributed by atoms with E-state index < -0.39 is 0 Å². The van der Waals surface area contributed by atoms with Gasteiger partial charge in [0, 0.05) is 23.2 Å². The van der Waals surface area contributed by atoms with Crippen molar-refractivity contribution in [3.63, 3.8) is 0 Å². The Balaban J connectivity index is 2.26. The molecule has 1 saturated heterocycles. The van der Waals surface area contributed by atoms with E-state index in [1.165, 1.54) is 0 Å². The van der Waals surface area contributed by atoms with Crippen molar-refractivity contribution < 1.29 is 0 Å². The molecule has 7 heteroatoms. The Morgan fingerprint density at radius 1 is 1.62 bits per heavy atom. The van der Waals surface area contributed by atoms with Gasteiger partial charge in [0.25, 0.3) is 0 Å². The lowest BCUT2D eigenvalue weighted by atomic mass is 10.4. The lowest BCUT2D eigenvalue weighted by molar-refractivity contribution is 0.986. The van der Waals surface area contributed by atoms with E-state index in [0.717, 1.165) is 24.4 Å². The second kappa shape index (κ2) is 5.07. The molecule has 1 aromatic rings. The zero-order valence-electron chi connectivity index (χ0n) is 8.47. The van der Waals surface area contributed by atoms with Crippen molar-refractivity contribution in [2.24, 2.45) is 10.1 Å².